The van der Waals surface area contributed by atoms with Crippen LogP contribution in [0.25, 0.3) is 0 Å². The molecule has 1 amide bonds. The summed E-state index contributed by atoms with van der Waals surface area (Å²) in [6, 6.07) is 7.04. The van der Waals surface area contributed by atoms with E-state index in [9.17, 15) is 4.79 Å². The normalized spacial score (nSPS) is 17.2. The predicted molar refractivity (Wildman–Crippen MR) is 79.5 cm³/mol. The Labute approximate surface area is 128 Å². The lowest BCUT2D eigenvalue weighted by Gasteiger charge is -2.11. The average molecular weight is 299 g/mol. The van der Waals surface area contributed by atoms with Crippen molar-refractivity contribution in [2.75, 3.05) is 13.2 Å². The van der Waals surface area contributed by atoms with E-state index >= 15 is 0 Å². The molecule has 1 aliphatic rings. The number of hydrogen-bond acceptors (Lipinski definition) is 5. The first kappa shape index (κ1) is 14.5. The third kappa shape index (κ3) is 3.79. The van der Waals surface area contributed by atoms with E-state index in [1.54, 1.807) is 30.7 Å². The van der Waals surface area contributed by atoms with Gasteiger partial charge in [-0.15, -0.1) is 0 Å². The van der Waals surface area contributed by atoms with Crippen molar-refractivity contribution in [2.45, 2.75) is 19.1 Å². The van der Waals surface area contributed by atoms with Gasteiger partial charge in [0.25, 0.3) is 5.91 Å². The molecule has 6 heteroatoms. The van der Waals surface area contributed by atoms with Gasteiger partial charge in [0.05, 0.1) is 13.2 Å². The van der Waals surface area contributed by atoms with E-state index in [-0.39, 0.29) is 12.0 Å². The van der Waals surface area contributed by atoms with Crippen LogP contribution in [0.4, 0.5) is 0 Å². The largest absolute Gasteiger partial charge is 0.472 e. The molecular formula is C16H17N3O3. The summed E-state index contributed by atoms with van der Waals surface area (Å²) in [6.45, 7) is 1.73. The molecule has 0 saturated carbocycles. The summed E-state index contributed by atoms with van der Waals surface area (Å²) < 4.78 is 11.0. The SMILES string of the molecule is O=C(NCc1ccncc1)c1ccnc(OC2CCOC2)c1. The maximum absolute atomic E-state index is 12.2. The molecule has 1 saturated heterocycles. The molecule has 2 aromatic heterocycles. The Hall–Kier alpha value is -2.47. The van der Waals surface area contributed by atoms with Crippen LogP contribution in [0.1, 0.15) is 22.3 Å². The van der Waals surface area contributed by atoms with Crippen molar-refractivity contribution in [1.82, 2.24) is 15.3 Å². The van der Waals surface area contributed by atoms with E-state index in [2.05, 4.69) is 15.3 Å². The highest BCUT2D eigenvalue weighted by molar-refractivity contribution is 5.94. The second-order valence-corrected chi connectivity index (χ2v) is 5.02. The van der Waals surface area contributed by atoms with Gasteiger partial charge in [0.1, 0.15) is 6.10 Å². The van der Waals surface area contributed by atoms with Gasteiger partial charge in [-0.25, -0.2) is 4.98 Å². The standard InChI is InChI=1S/C16H17N3O3/c20-16(19-10-12-1-5-17-6-2-12)13-3-7-18-15(9-13)22-14-4-8-21-11-14/h1-3,5-7,9,14H,4,8,10-11H2,(H,19,20). The van der Waals surface area contributed by atoms with Crippen LogP contribution in [0, 0.1) is 0 Å². The van der Waals surface area contributed by atoms with Gasteiger partial charge >= 0.3 is 0 Å². The zero-order valence-electron chi connectivity index (χ0n) is 12.1. The molecule has 1 unspecified atom stereocenters. The number of amides is 1. The molecule has 1 aliphatic heterocycles. The summed E-state index contributed by atoms with van der Waals surface area (Å²) in [6.07, 6.45) is 5.84. The minimum atomic E-state index is -0.160. The lowest BCUT2D eigenvalue weighted by Crippen LogP contribution is -2.23. The van der Waals surface area contributed by atoms with Gasteiger partial charge in [0.15, 0.2) is 0 Å². The average Bonchev–Trinajstić information content (AvgIpc) is 3.07. The van der Waals surface area contributed by atoms with Crippen LogP contribution in [0.5, 0.6) is 5.88 Å². The maximum Gasteiger partial charge on any atom is 0.251 e. The van der Waals surface area contributed by atoms with Crippen molar-refractivity contribution in [3.8, 4) is 5.88 Å². The second kappa shape index (κ2) is 7.00. The Bertz CT molecular complexity index is 628. The minimum absolute atomic E-state index is 0.0163. The molecule has 0 spiro atoms. The molecule has 0 radical (unpaired) electrons. The van der Waals surface area contributed by atoms with Crippen molar-refractivity contribution in [2.24, 2.45) is 0 Å². The molecule has 114 valence electrons. The fourth-order valence-electron chi connectivity index (χ4n) is 2.18. The van der Waals surface area contributed by atoms with Crippen LogP contribution in [0.3, 0.4) is 0 Å². The number of hydrogen-bond donors (Lipinski definition) is 1. The number of nitrogens with zero attached hydrogens (tertiary/aromatic N) is 2. The fourth-order valence-corrected chi connectivity index (χ4v) is 2.18. The van der Waals surface area contributed by atoms with Crippen LogP contribution < -0.4 is 10.1 Å². The lowest BCUT2D eigenvalue weighted by molar-refractivity contribution is 0.0949. The van der Waals surface area contributed by atoms with Crippen LogP contribution in [-0.2, 0) is 11.3 Å². The highest BCUT2D eigenvalue weighted by Gasteiger charge is 2.18. The molecule has 0 aliphatic carbocycles. The Balaban J connectivity index is 1.59. The predicted octanol–water partition coefficient (Wildman–Crippen LogP) is 1.57. The molecule has 3 heterocycles. The Kier molecular flexibility index (Phi) is 4.60. The molecule has 1 fully saturated rings. The third-order valence-electron chi connectivity index (χ3n) is 3.37. The van der Waals surface area contributed by atoms with Gasteiger partial charge in [-0.05, 0) is 23.8 Å². The van der Waals surface area contributed by atoms with Crippen molar-refractivity contribution in [3.63, 3.8) is 0 Å². The van der Waals surface area contributed by atoms with E-state index in [0.717, 1.165) is 12.0 Å². The number of ether oxygens (including phenoxy) is 2. The summed E-state index contributed by atoms with van der Waals surface area (Å²) in [5, 5.41) is 2.86. The molecule has 1 N–H and O–H groups in total. The number of pyridine rings is 2. The smallest absolute Gasteiger partial charge is 0.251 e. The molecule has 6 nitrogen and oxygen atoms in total. The van der Waals surface area contributed by atoms with Crippen molar-refractivity contribution < 1.29 is 14.3 Å². The van der Waals surface area contributed by atoms with Crippen LogP contribution in [-0.4, -0.2) is 35.2 Å². The number of carbonyl (C=O) groups is 1. The third-order valence-corrected chi connectivity index (χ3v) is 3.37. The Morgan fingerprint density at radius 2 is 2.18 bits per heavy atom. The van der Waals surface area contributed by atoms with Crippen LogP contribution in [0.2, 0.25) is 0 Å². The lowest BCUT2D eigenvalue weighted by atomic mass is 10.2. The summed E-state index contributed by atoms with van der Waals surface area (Å²) in [5.74, 6) is 0.291. The summed E-state index contributed by atoms with van der Waals surface area (Å²) in [7, 11) is 0. The van der Waals surface area contributed by atoms with Gasteiger partial charge in [0.2, 0.25) is 5.88 Å². The summed E-state index contributed by atoms with van der Waals surface area (Å²) >= 11 is 0. The van der Waals surface area contributed by atoms with Gasteiger partial charge in [-0.1, -0.05) is 0 Å². The van der Waals surface area contributed by atoms with Gasteiger partial charge in [-0.3, -0.25) is 9.78 Å². The minimum Gasteiger partial charge on any atom is -0.472 e. The van der Waals surface area contributed by atoms with E-state index < -0.39 is 0 Å². The zero-order valence-corrected chi connectivity index (χ0v) is 12.1. The van der Waals surface area contributed by atoms with Gasteiger partial charge in [0, 0.05) is 43.2 Å². The molecule has 0 bridgehead atoms. The fraction of sp³-hybridized carbons (Fsp3) is 0.312. The zero-order chi connectivity index (χ0) is 15.2. The first-order valence-electron chi connectivity index (χ1n) is 7.19. The van der Waals surface area contributed by atoms with Crippen LogP contribution >= 0.6 is 0 Å². The second-order valence-electron chi connectivity index (χ2n) is 5.02. The first-order valence-corrected chi connectivity index (χ1v) is 7.19. The Morgan fingerprint density at radius 3 is 2.95 bits per heavy atom. The van der Waals surface area contributed by atoms with Crippen molar-refractivity contribution in [3.05, 3.63) is 54.0 Å². The quantitative estimate of drug-likeness (QED) is 0.907. The van der Waals surface area contributed by atoms with Crippen molar-refractivity contribution in [1.29, 1.82) is 0 Å². The number of rotatable bonds is 5. The number of nitrogens with one attached hydrogen (secondary N) is 1. The summed E-state index contributed by atoms with van der Waals surface area (Å²) in [4.78, 5) is 20.3. The monoisotopic (exact) mass is 299 g/mol. The molecular weight excluding hydrogens is 282 g/mol. The highest BCUT2D eigenvalue weighted by atomic mass is 16.5. The number of aromatic nitrogens is 2. The van der Waals surface area contributed by atoms with E-state index in [0.29, 0.717) is 31.2 Å². The van der Waals surface area contributed by atoms with E-state index in [4.69, 9.17) is 9.47 Å². The van der Waals surface area contributed by atoms with Crippen molar-refractivity contribution >= 4 is 5.91 Å². The van der Waals surface area contributed by atoms with Gasteiger partial charge in [-0.2, -0.15) is 0 Å². The van der Waals surface area contributed by atoms with Crippen LogP contribution in [0.15, 0.2) is 42.9 Å². The molecule has 3 rings (SSSR count). The van der Waals surface area contributed by atoms with E-state index in [1.165, 1.54) is 0 Å². The highest BCUT2D eigenvalue weighted by Crippen LogP contribution is 2.15. The maximum atomic E-state index is 12.2. The molecule has 1 atom stereocenters. The molecule has 2 aromatic rings. The first-order chi connectivity index (χ1) is 10.8. The molecule has 22 heavy (non-hydrogen) atoms. The summed E-state index contributed by atoms with van der Waals surface area (Å²) in [5.41, 5.74) is 1.52. The topological polar surface area (TPSA) is 73.3 Å². The van der Waals surface area contributed by atoms with E-state index in [1.807, 2.05) is 12.1 Å². The number of carbonyl (C=O) groups excluding carboxylic acids is 1. The van der Waals surface area contributed by atoms with Gasteiger partial charge < -0.3 is 14.8 Å². The molecule has 0 aromatic carbocycles. The Morgan fingerprint density at radius 1 is 1.32 bits per heavy atom.